The SMILES string of the molecule is [B]C(=O)Cc1cc2oc(=O)c(C(=O)OC)cc2s1.[B]S(=O)(=O)Cc1cc2oc(=O)c(C(=O)O)cc2s1. The van der Waals surface area contributed by atoms with E-state index < -0.39 is 49.9 Å². The van der Waals surface area contributed by atoms with Gasteiger partial charge in [-0.3, -0.25) is 0 Å². The normalized spacial score (nSPS) is 11.1. The van der Waals surface area contributed by atoms with E-state index in [0.29, 0.717) is 24.7 Å². The van der Waals surface area contributed by atoms with Gasteiger partial charge in [0, 0.05) is 16.2 Å². The Balaban J connectivity index is 0.000000201. The number of methoxy groups -OCH3 is 1. The van der Waals surface area contributed by atoms with Crippen LogP contribution in [-0.2, 0) is 31.4 Å². The molecule has 182 valence electrons. The number of carboxylic acid groups (broad SMARTS) is 1. The lowest BCUT2D eigenvalue weighted by Gasteiger charge is -1.96. The molecule has 4 radical (unpaired) electrons. The second-order valence-corrected chi connectivity index (χ2v) is 11.0. The zero-order chi connectivity index (χ0) is 26.8. The summed E-state index contributed by atoms with van der Waals surface area (Å²) < 4.78 is 37.0. The number of esters is 1. The van der Waals surface area contributed by atoms with Gasteiger partial charge < -0.3 is 23.5 Å². The topological polar surface area (TPSA) is 175 Å². The van der Waals surface area contributed by atoms with Gasteiger partial charge in [0.05, 0.1) is 37.6 Å². The third-order valence-electron chi connectivity index (χ3n) is 4.28. The van der Waals surface area contributed by atoms with Crippen LogP contribution in [0.2, 0.25) is 0 Å². The molecule has 4 aromatic rings. The molecule has 0 amide bonds. The third-order valence-corrected chi connectivity index (χ3v) is 7.30. The molecule has 0 aliphatic carbocycles. The van der Waals surface area contributed by atoms with Crippen LogP contribution < -0.4 is 11.3 Å². The minimum absolute atomic E-state index is 0.0661. The van der Waals surface area contributed by atoms with Crippen LogP contribution in [0.3, 0.4) is 0 Å². The Labute approximate surface area is 211 Å². The van der Waals surface area contributed by atoms with Crippen LogP contribution in [0.25, 0.3) is 20.6 Å². The summed E-state index contributed by atoms with van der Waals surface area (Å²) in [6.45, 7) is 0. The number of thiophene rings is 2. The predicted octanol–water partition coefficient (Wildman–Crippen LogP) is 1.43. The molecule has 0 saturated heterocycles. The number of carbonyl (C=O) groups is 3. The summed E-state index contributed by atoms with van der Waals surface area (Å²) in [6, 6.07) is 5.47. The molecule has 0 aromatic carbocycles. The first-order valence-electron chi connectivity index (χ1n) is 9.51. The standard InChI is InChI=1S/C11H7BO5S.C9H5BO6S2/c1-16-10(14)6-4-8-7(17-11(6)15)2-5(18-8)3-9(12)13;10-18(14,15)3-4-1-6-7(17-4)2-5(8(11)12)9(13)16-6/h2,4H,3H2,1H3;1-2H,3H2,(H,11,12). The summed E-state index contributed by atoms with van der Waals surface area (Å²) >= 11 is 2.24. The zero-order valence-corrected chi connectivity index (χ0v) is 20.6. The minimum atomic E-state index is -3.69. The molecule has 0 spiro atoms. The average molecular weight is 546 g/mol. The summed E-state index contributed by atoms with van der Waals surface area (Å²) in [7, 11) is 7.46. The van der Waals surface area contributed by atoms with Gasteiger partial charge in [0.1, 0.15) is 22.3 Å². The molecule has 0 bridgehead atoms. The van der Waals surface area contributed by atoms with E-state index in [-0.39, 0.29) is 17.6 Å². The van der Waals surface area contributed by atoms with E-state index in [9.17, 15) is 32.4 Å². The van der Waals surface area contributed by atoms with Gasteiger partial charge in [-0.25, -0.2) is 27.6 Å². The van der Waals surface area contributed by atoms with E-state index in [0.717, 1.165) is 17.4 Å². The summed E-state index contributed by atoms with van der Waals surface area (Å²) in [5.41, 5.74) is -2.41. The van der Waals surface area contributed by atoms with Crippen molar-refractivity contribution in [1.29, 1.82) is 0 Å². The van der Waals surface area contributed by atoms with Gasteiger partial charge in [-0.2, -0.15) is 0 Å². The van der Waals surface area contributed by atoms with E-state index in [1.807, 2.05) is 0 Å². The lowest BCUT2D eigenvalue weighted by molar-refractivity contribution is -0.111. The molecule has 4 heterocycles. The van der Waals surface area contributed by atoms with Crippen LogP contribution in [0.1, 0.15) is 30.5 Å². The number of fused-ring (bicyclic) bond motifs is 2. The molecule has 0 unspecified atom stereocenters. The van der Waals surface area contributed by atoms with Crippen LogP contribution in [0.15, 0.2) is 42.7 Å². The van der Waals surface area contributed by atoms with E-state index in [2.05, 4.69) is 4.74 Å². The summed E-state index contributed by atoms with van der Waals surface area (Å²) in [6.07, 6.45) is 0.0661. The van der Waals surface area contributed by atoms with Crippen molar-refractivity contribution in [2.24, 2.45) is 0 Å². The van der Waals surface area contributed by atoms with Gasteiger partial charge >= 0.3 is 23.2 Å². The molecule has 4 rings (SSSR count). The van der Waals surface area contributed by atoms with Crippen molar-refractivity contribution >= 4 is 85.5 Å². The molecule has 1 N–H and O–H groups in total. The van der Waals surface area contributed by atoms with E-state index >= 15 is 0 Å². The van der Waals surface area contributed by atoms with Gasteiger partial charge in [-0.05, 0) is 24.3 Å². The summed E-state index contributed by atoms with van der Waals surface area (Å²) in [5.74, 6) is -2.54. The Kier molecular flexibility index (Phi) is 8.01. The first kappa shape index (κ1) is 27.1. The molecule has 16 heteroatoms. The molecule has 0 saturated carbocycles. The smallest absolute Gasteiger partial charge is 0.351 e. The van der Waals surface area contributed by atoms with Gasteiger partial charge in [0.25, 0.3) is 7.12 Å². The number of carbonyl (C=O) groups excluding carboxylic acids is 2. The summed E-state index contributed by atoms with van der Waals surface area (Å²) in [5, 5.41) is 8.75. The fraction of sp³-hybridized carbons (Fsp3) is 0.150. The quantitative estimate of drug-likeness (QED) is 0.274. The van der Waals surface area contributed by atoms with Crippen molar-refractivity contribution < 1.29 is 41.5 Å². The van der Waals surface area contributed by atoms with Crippen LogP contribution >= 0.6 is 22.7 Å². The number of carboxylic acids is 1. The molecule has 0 aliphatic heterocycles. The molecule has 0 fully saturated rings. The van der Waals surface area contributed by atoms with Crippen LogP contribution in [0.5, 0.6) is 0 Å². The van der Waals surface area contributed by atoms with Crippen molar-refractivity contribution in [1.82, 2.24) is 0 Å². The number of hydrogen-bond donors (Lipinski definition) is 1. The maximum atomic E-state index is 11.5. The average Bonchev–Trinajstić information content (AvgIpc) is 3.31. The van der Waals surface area contributed by atoms with Gasteiger partial charge in [-0.1, -0.05) is 0 Å². The number of ether oxygens (including phenoxy) is 1. The number of hydrogen-bond acceptors (Lipinski definition) is 12. The Morgan fingerprint density at radius 2 is 1.44 bits per heavy atom. The fourth-order valence-electron chi connectivity index (χ4n) is 2.86. The maximum Gasteiger partial charge on any atom is 0.351 e. The third kappa shape index (κ3) is 6.59. The Morgan fingerprint density at radius 1 is 0.944 bits per heavy atom. The van der Waals surface area contributed by atoms with Gasteiger partial charge in [0.15, 0.2) is 7.85 Å². The monoisotopic (exact) mass is 546 g/mol. The lowest BCUT2D eigenvalue weighted by Crippen LogP contribution is -2.14. The van der Waals surface area contributed by atoms with E-state index in [4.69, 9.17) is 28.9 Å². The van der Waals surface area contributed by atoms with Crippen LogP contribution in [-0.4, -0.2) is 53.2 Å². The van der Waals surface area contributed by atoms with Gasteiger partial charge in [-0.15, -0.1) is 22.7 Å². The molecule has 4 aromatic heterocycles. The van der Waals surface area contributed by atoms with Crippen LogP contribution in [0.4, 0.5) is 0 Å². The van der Waals surface area contributed by atoms with Crippen molar-refractivity contribution in [2.75, 3.05) is 7.11 Å². The zero-order valence-electron chi connectivity index (χ0n) is 18.1. The number of rotatable bonds is 6. The molecule has 0 aliphatic rings. The van der Waals surface area contributed by atoms with Crippen molar-refractivity contribution in [2.45, 2.75) is 12.2 Å². The van der Waals surface area contributed by atoms with Crippen molar-refractivity contribution in [3.63, 3.8) is 0 Å². The van der Waals surface area contributed by atoms with Crippen molar-refractivity contribution in [3.05, 3.63) is 66.0 Å². The van der Waals surface area contributed by atoms with Crippen LogP contribution in [0, 0.1) is 0 Å². The highest BCUT2D eigenvalue weighted by Gasteiger charge is 2.17. The molecular formula is C20H12B2O11S3. The van der Waals surface area contributed by atoms with Crippen molar-refractivity contribution in [3.8, 4) is 0 Å². The predicted molar refractivity (Wildman–Crippen MR) is 132 cm³/mol. The largest absolute Gasteiger partial charge is 0.477 e. The molecule has 36 heavy (non-hydrogen) atoms. The lowest BCUT2D eigenvalue weighted by atomic mass is 9.99. The molecule has 11 nitrogen and oxygen atoms in total. The first-order chi connectivity index (χ1) is 16.8. The Morgan fingerprint density at radius 3 is 1.94 bits per heavy atom. The fourth-order valence-corrected chi connectivity index (χ4v) is 5.93. The van der Waals surface area contributed by atoms with Gasteiger partial charge in [0.2, 0.25) is 0 Å². The Bertz CT molecular complexity index is 1730. The maximum absolute atomic E-state index is 11.5. The molecule has 0 atom stereocenters. The highest BCUT2D eigenvalue weighted by Crippen LogP contribution is 2.27. The second kappa shape index (κ2) is 10.6. The first-order valence-corrected chi connectivity index (χ1v) is 12.9. The summed E-state index contributed by atoms with van der Waals surface area (Å²) in [4.78, 5) is 56.7. The molecular weight excluding hydrogens is 534 g/mol. The van der Waals surface area contributed by atoms with E-state index in [1.165, 1.54) is 30.6 Å². The highest BCUT2D eigenvalue weighted by molar-refractivity contribution is 8.11. The minimum Gasteiger partial charge on any atom is -0.477 e. The second-order valence-electron chi connectivity index (χ2n) is 7.02. The Hall–Kier alpha value is -3.49. The number of aromatic carboxylic acids is 1. The highest BCUT2D eigenvalue weighted by atomic mass is 32.2. The van der Waals surface area contributed by atoms with E-state index in [1.54, 1.807) is 6.07 Å².